The van der Waals surface area contributed by atoms with E-state index in [-0.39, 0.29) is 48.6 Å². The molecule has 3 aromatic heterocycles. The molecule has 1 aliphatic rings. The maximum atomic E-state index is 14.0. The van der Waals surface area contributed by atoms with Gasteiger partial charge in [0, 0.05) is 42.5 Å². The molecule has 4 N–H and O–H groups in total. The van der Waals surface area contributed by atoms with Crippen molar-refractivity contribution in [1.82, 2.24) is 34.9 Å². The molecule has 230 valence electrons. The van der Waals surface area contributed by atoms with Gasteiger partial charge in [-0.3, -0.25) is 19.1 Å². The van der Waals surface area contributed by atoms with Crippen LogP contribution in [-0.4, -0.2) is 72.5 Å². The first-order chi connectivity index (χ1) is 20.9. The topological polar surface area (TPSA) is 161 Å². The van der Waals surface area contributed by atoms with Crippen LogP contribution >= 0.6 is 15.9 Å². The normalized spacial score (nSPS) is 17.6. The third-order valence-corrected chi connectivity index (χ3v) is 8.74. The smallest absolute Gasteiger partial charge is 0.272 e. The highest BCUT2D eigenvalue weighted by Gasteiger charge is 2.49. The summed E-state index contributed by atoms with van der Waals surface area (Å²) in [5.74, 6) is 0.110. The van der Waals surface area contributed by atoms with Gasteiger partial charge in [-0.05, 0) is 77.9 Å². The largest absolute Gasteiger partial charge is 0.349 e. The van der Waals surface area contributed by atoms with E-state index in [9.17, 15) is 14.4 Å². The van der Waals surface area contributed by atoms with Crippen LogP contribution in [-0.2, 0) is 16.1 Å². The fourth-order valence-electron chi connectivity index (χ4n) is 5.52. The monoisotopic (exact) mass is 661 g/mol. The van der Waals surface area contributed by atoms with Crippen LogP contribution in [0.15, 0.2) is 47.3 Å². The molecule has 13 heteroatoms. The van der Waals surface area contributed by atoms with Crippen LogP contribution < -0.4 is 16.4 Å². The number of carbonyl (C=O) groups is 3. The molecule has 4 heterocycles. The third-order valence-electron chi connectivity index (χ3n) is 8.29. The third kappa shape index (κ3) is 6.20. The second-order valence-electron chi connectivity index (χ2n) is 11.8. The minimum Gasteiger partial charge on any atom is -0.349 e. The molecule has 2 atom stereocenters. The zero-order valence-electron chi connectivity index (χ0n) is 25.4. The Labute approximate surface area is 264 Å². The van der Waals surface area contributed by atoms with Crippen LogP contribution in [0.1, 0.15) is 49.1 Å². The van der Waals surface area contributed by atoms with Gasteiger partial charge in [0.1, 0.15) is 28.8 Å². The van der Waals surface area contributed by atoms with Crippen LogP contribution in [0.25, 0.3) is 22.0 Å². The molecule has 0 radical (unpaired) electrons. The average molecular weight is 663 g/mol. The number of nitrogens with two attached hydrogens (primary N) is 1. The number of halogens is 1. The summed E-state index contributed by atoms with van der Waals surface area (Å²) in [7, 11) is 0. The summed E-state index contributed by atoms with van der Waals surface area (Å²) in [4.78, 5) is 55.4. The zero-order chi connectivity index (χ0) is 31.8. The number of aromatic nitrogens is 5. The Hall–Kier alpha value is -4.23. The predicted molar refractivity (Wildman–Crippen MR) is 171 cm³/mol. The van der Waals surface area contributed by atoms with Gasteiger partial charge >= 0.3 is 0 Å². The fraction of sp³-hybridized carbons (Fsp3) is 0.387. The van der Waals surface area contributed by atoms with Crippen molar-refractivity contribution in [2.45, 2.75) is 59.7 Å². The average Bonchev–Trinajstić information content (AvgIpc) is 3.47. The first-order valence-corrected chi connectivity index (χ1v) is 15.2. The van der Waals surface area contributed by atoms with E-state index in [2.05, 4.69) is 46.6 Å². The number of fused-ring (bicyclic) bond motifs is 1. The number of hydrogen-bond acceptors (Lipinski definition) is 8. The van der Waals surface area contributed by atoms with Crippen molar-refractivity contribution in [3.63, 3.8) is 0 Å². The molecular weight excluding hydrogens is 626 g/mol. The molecule has 0 saturated carbocycles. The van der Waals surface area contributed by atoms with Gasteiger partial charge in [0.25, 0.3) is 5.91 Å². The number of anilines is 1. The first-order valence-electron chi connectivity index (χ1n) is 14.4. The molecule has 3 amide bonds. The first kappa shape index (κ1) is 31.2. The van der Waals surface area contributed by atoms with Gasteiger partial charge in [0.2, 0.25) is 11.8 Å². The second kappa shape index (κ2) is 12.4. The summed E-state index contributed by atoms with van der Waals surface area (Å²) in [6, 6.07) is 8.27. The lowest BCUT2D eigenvalue weighted by Crippen LogP contribution is -2.48. The number of aryl methyl sites for hydroxylation is 2. The van der Waals surface area contributed by atoms with E-state index in [0.717, 1.165) is 16.7 Å². The number of likely N-dealkylation sites (tertiary alicyclic amines) is 1. The summed E-state index contributed by atoms with van der Waals surface area (Å²) in [5.41, 5.74) is 8.48. The van der Waals surface area contributed by atoms with Crippen molar-refractivity contribution >= 4 is 50.4 Å². The summed E-state index contributed by atoms with van der Waals surface area (Å²) in [6.07, 6.45) is 3.92. The molecule has 1 saturated heterocycles. The van der Waals surface area contributed by atoms with Crippen molar-refractivity contribution in [3.05, 3.63) is 64.4 Å². The molecule has 12 nitrogen and oxygen atoms in total. The molecule has 0 bridgehead atoms. The Kier molecular flexibility index (Phi) is 8.80. The van der Waals surface area contributed by atoms with E-state index in [1.165, 1.54) is 4.68 Å². The predicted octanol–water partition coefficient (Wildman–Crippen LogP) is 3.61. The van der Waals surface area contributed by atoms with Gasteiger partial charge in [0.15, 0.2) is 5.69 Å². The van der Waals surface area contributed by atoms with Gasteiger partial charge in [-0.25, -0.2) is 15.0 Å². The van der Waals surface area contributed by atoms with Gasteiger partial charge in [-0.2, -0.15) is 5.10 Å². The van der Waals surface area contributed by atoms with Gasteiger partial charge in [-0.15, -0.1) is 0 Å². The van der Waals surface area contributed by atoms with Gasteiger partial charge in [0.05, 0.1) is 5.52 Å². The molecule has 5 rings (SSSR count). The number of carbonyl (C=O) groups excluding carboxylic acids is 3. The molecule has 1 fully saturated rings. The molecular formula is C31H36BrN9O3. The fourth-order valence-corrected chi connectivity index (χ4v) is 5.83. The van der Waals surface area contributed by atoms with E-state index in [1.807, 2.05) is 58.9 Å². The quantitative estimate of drug-likeness (QED) is 0.241. The lowest BCUT2D eigenvalue weighted by atomic mass is 9.84. The van der Waals surface area contributed by atoms with Crippen LogP contribution in [0.5, 0.6) is 0 Å². The summed E-state index contributed by atoms with van der Waals surface area (Å²) in [6.45, 7) is 10.1. The molecule has 1 aromatic carbocycles. The second-order valence-corrected chi connectivity index (χ2v) is 12.6. The van der Waals surface area contributed by atoms with E-state index in [0.29, 0.717) is 33.6 Å². The van der Waals surface area contributed by atoms with E-state index < -0.39 is 11.9 Å². The number of amides is 3. The molecule has 44 heavy (non-hydrogen) atoms. The van der Waals surface area contributed by atoms with Crippen molar-refractivity contribution in [3.8, 4) is 11.1 Å². The minimum atomic E-state index is -0.713. The highest BCUT2D eigenvalue weighted by atomic mass is 79.9. The Morgan fingerprint density at radius 2 is 1.82 bits per heavy atom. The summed E-state index contributed by atoms with van der Waals surface area (Å²) in [5, 5.41) is 10.9. The Morgan fingerprint density at radius 1 is 1.09 bits per heavy atom. The van der Waals surface area contributed by atoms with Crippen LogP contribution in [0.2, 0.25) is 0 Å². The number of benzene rings is 1. The number of hydrogen-bond donors (Lipinski definition) is 3. The molecule has 0 unspecified atom stereocenters. The van der Waals surface area contributed by atoms with E-state index >= 15 is 0 Å². The van der Waals surface area contributed by atoms with Crippen molar-refractivity contribution in [2.24, 2.45) is 11.1 Å². The lowest BCUT2D eigenvalue weighted by Gasteiger charge is -2.31. The van der Waals surface area contributed by atoms with Crippen LogP contribution in [0.3, 0.4) is 0 Å². The Balaban J connectivity index is 1.48. The van der Waals surface area contributed by atoms with Gasteiger partial charge < -0.3 is 21.3 Å². The number of pyridine rings is 1. The van der Waals surface area contributed by atoms with Crippen LogP contribution in [0, 0.1) is 19.3 Å². The standard InChI is InChI=1S/C31H36BrN9O3/c1-17-6-9-25(32)37-28(17)38-29(43)24-13-31(4,5)18(2)41(24)26(42)16-40-23-8-7-20(21-14-35-19(3)36-15-21)12-22(23)27(39-40)30(44)34-11-10-33/h6-9,12,14-15,18,24H,10-11,13,16,33H2,1-5H3,(H,34,44)(H,37,38,43)/t18-,24+/m1/s1. The lowest BCUT2D eigenvalue weighted by molar-refractivity contribution is -0.139. The van der Waals surface area contributed by atoms with Crippen molar-refractivity contribution in [1.29, 1.82) is 0 Å². The number of rotatable bonds is 8. The highest BCUT2D eigenvalue weighted by molar-refractivity contribution is 9.10. The van der Waals surface area contributed by atoms with Crippen molar-refractivity contribution < 1.29 is 14.4 Å². The van der Waals surface area contributed by atoms with E-state index in [4.69, 9.17) is 5.73 Å². The number of nitrogens with zero attached hydrogens (tertiary/aromatic N) is 6. The highest BCUT2D eigenvalue weighted by Crippen LogP contribution is 2.41. The SMILES string of the molecule is Cc1ncc(-c2ccc3c(c2)c(C(=O)NCCN)nn3CC(=O)N2[C@H](C(=O)Nc3nc(Br)ccc3C)CC(C)(C)[C@H]2C)cn1. The molecule has 4 aromatic rings. The van der Waals surface area contributed by atoms with Gasteiger partial charge in [-0.1, -0.05) is 26.0 Å². The zero-order valence-corrected chi connectivity index (χ0v) is 27.0. The van der Waals surface area contributed by atoms with Crippen LogP contribution in [0.4, 0.5) is 5.82 Å². The maximum Gasteiger partial charge on any atom is 0.272 e. The van der Waals surface area contributed by atoms with Crippen molar-refractivity contribution in [2.75, 3.05) is 18.4 Å². The minimum absolute atomic E-state index is 0.161. The molecule has 1 aliphatic heterocycles. The Bertz CT molecular complexity index is 1740. The molecule has 0 aliphatic carbocycles. The molecule has 0 spiro atoms. The summed E-state index contributed by atoms with van der Waals surface area (Å²) < 4.78 is 2.12. The number of nitrogens with one attached hydrogen (secondary N) is 2. The maximum absolute atomic E-state index is 14.0. The summed E-state index contributed by atoms with van der Waals surface area (Å²) >= 11 is 3.36. The van der Waals surface area contributed by atoms with E-state index in [1.54, 1.807) is 23.4 Å². The Morgan fingerprint density at radius 3 is 2.52 bits per heavy atom.